The average Bonchev–Trinajstić information content (AvgIpc) is 2.14. The first-order valence-electron chi connectivity index (χ1n) is 4.56. The number of nitrogens with two attached hydrogens (primary N) is 1. The number of nitrogens with one attached hydrogen (secondary N) is 1. The Morgan fingerprint density at radius 1 is 1.36 bits per heavy atom. The molecule has 78 valence electrons. The molecule has 0 saturated carbocycles. The fraction of sp³-hybridized carbons (Fsp3) is 0.400. The molecule has 0 radical (unpaired) electrons. The summed E-state index contributed by atoms with van der Waals surface area (Å²) in [5, 5.41) is 0. The van der Waals surface area contributed by atoms with Crippen molar-refractivity contribution in [3.05, 3.63) is 23.3 Å². The van der Waals surface area contributed by atoms with Gasteiger partial charge in [0.05, 0.1) is 0 Å². The summed E-state index contributed by atoms with van der Waals surface area (Å²) >= 11 is 0. The second kappa shape index (κ2) is 4.46. The number of anilines is 2. The highest BCUT2D eigenvalue weighted by Gasteiger charge is 2.03. The molecule has 0 aliphatic rings. The van der Waals surface area contributed by atoms with Gasteiger partial charge < -0.3 is 10.5 Å². The van der Waals surface area contributed by atoms with E-state index in [2.05, 4.69) is 4.72 Å². The van der Waals surface area contributed by atoms with E-state index in [1.807, 2.05) is 32.9 Å². The molecule has 0 fully saturated rings. The molecule has 0 aliphatic heterocycles. The summed E-state index contributed by atoms with van der Waals surface area (Å²) in [6.45, 7) is 5.77. The first-order chi connectivity index (χ1) is 6.54. The van der Waals surface area contributed by atoms with Crippen LogP contribution in [0.4, 0.5) is 11.4 Å². The Morgan fingerprint density at radius 2 is 2.00 bits per heavy atom. The van der Waals surface area contributed by atoms with E-state index in [0.29, 0.717) is 5.75 Å². The SMILES string of the molecule is CCS(=O)Nc1cc(C)c(N)cc1C. The summed E-state index contributed by atoms with van der Waals surface area (Å²) in [7, 11) is -0.994. The molecule has 3 N–H and O–H groups in total. The molecule has 1 unspecified atom stereocenters. The molecular formula is C10H16N2OS. The predicted octanol–water partition coefficient (Wildman–Crippen LogP) is 1.98. The molecule has 1 atom stereocenters. The number of hydrogen-bond donors (Lipinski definition) is 2. The first kappa shape index (κ1) is 11.0. The molecule has 0 heterocycles. The largest absolute Gasteiger partial charge is 0.399 e. The molecule has 0 bridgehead atoms. The Hall–Kier alpha value is -1.03. The fourth-order valence-corrected chi connectivity index (χ4v) is 1.75. The van der Waals surface area contributed by atoms with E-state index < -0.39 is 11.0 Å². The third-order valence-electron chi connectivity index (χ3n) is 2.10. The Morgan fingerprint density at radius 3 is 2.57 bits per heavy atom. The molecule has 1 rings (SSSR count). The highest BCUT2D eigenvalue weighted by atomic mass is 32.2. The molecule has 0 spiro atoms. The topological polar surface area (TPSA) is 55.1 Å². The minimum absolute atomic E-state index is 0.600. The van der Waals surface area contributed by atoms with E-state index in [-0.39, 0.29) is 0 Å². The summed E-state index contributed by atoms with van der Waals surface area (Å²) < 4.78 is 14.2. The van der Waals surface area contributed by atoms with Crippen molar-refractivity contribution in [3.8, 4) is 0 Å². The number of hydrogen-bond acceptors (Lipinski definition) is 2. The molecule has 0 aliphatic carbocycles. The van der Waals surface area contributed by atoms with Crippen LogP contribution >= 0.6 is 0 Å². The highest BCUT2D eigenvalue weighted by Crippen LogP contribution is 2.22. The monoisotopic (exact) mass is 212 g/mol. The molecule has 0 saturated heterocycles. The predicted molar refractivity (Wildman–Crippen MR) is 62.6 cm³/mol. The lowest BCUT2D eigenvalue weighted by Gasteiger charge is -2.10. The van der Waals surface area contributed by atoms with Crippen LogP contribution in [0.2, 0.25) is 0 Å². The van der Waals surface area contributed by atoms with Crippen LogP contribution in [0.3, 0.4) is 0 Å². The van der Waals surface area contributed by atoms with Crippen molar-refractivity contribution < 1.29 is 4.21 Å². The van der Waals surface area contributed by atoms with Gasteiger partial charge in [-0.2, -0.15) is 0 Å². The zero-order valence-electron chi connectivity index (χ0n) is 8.76. The molecular weight excluding hydrogens is 196 g/mol. The van der Waals surface area contributed by atoms with Gasteiger partial charge in [0.25, 0.3) is 0 Å². The van der Waals surface area contributed by atoms with Crippen molar-refractivity contribution in [2.45, 2.75) is 20.8 Å². The third-order valence-corrected chi connectivity index (χ3v) is 3.07. The van der Waals surface area contributed by atoms with Crippen LogP contribution in [0, 0.1) is 13.8 Å². The quantitative estimate of drug-likeness (QED) is 0.753. The van der Waals surface area contributed by atoms with Gasteiger partial charge in [-0.25, -0.2) is 4.21 Å². The Balaban J connectivity index is 2.98. The highest BCUT2D eigenvalue weighted by molar-refractivity contribution is 7.86. The lowest BCUT2D eigenvalue weighted by atomic mass is 10.1. The van der Waals surface area contributed by atoms with Crippen LogP contribution in [0.15, 0.2) is 12.1 Å². The van der Waals surface area contributed by atoms with Crippen LogP contribution in [0.1, 0.15) is 18.1 Å². The Kier molecular flexibility index (Phi) is 3.52. The maximum atomic E-state index is 11.3. The molecule has 1 aromatic carbocycles. The van der Waals surface area contributed by atoms with Gasteiger partial charge in [0.15, 0.2) is 0 Å². The second-order valence-electron chi connectivity index (χ2n) is 3.26. The van der Waals surface area contributed by atoms with Gasteiger partial charge >= 0.3 is 0 Å². The average molecular weight is 212 g/mol. The van der Waals surface area contributed by atoms with Crippen molar-refractivity contribution in [1.29, 1.82) is 0 Å². The lowest BCUT2D eigenvalue weighted by Crippen LogP contribution is -2.08. The van der Waals surface area contributed by atoms with E-state index in [0.717, 1.165) is 22.5 Å². The molecule has 1 aromatic rings. The van der Waals surface area contributed by atoms with E-state index in [4.69, 9.17) is 5.73 Å². The van der Waals surface area contributed by atoms with Crippen LogP contribution in [-0.4, -0.2) is 9.96 Å². The summed E-state index contributed by atoms with van der Waals surface area (Å²) in [4.78, 5) is 0. The van der Waals surface area contributed by atoms with Gasteiger partial charge in [-0.3, -0.25) is 0 Å². The molecule has 14 heavy (non-hydrogen) atoms. The normalized spacial score (nSPS) is 12.5. The van der Waals surface area contributed by atoms with Crippen molar-refractivity contribution in [1.82, 2.24) is 0 Å². The Labute approximate surface area is 87.3 Å². The zero-order chi connectivity index (χ0) is 10.7. The molecule has 4 heteroatoms. The van der Waals surface area contributed by atoms with Crippen molar-refractivity contribution >= 4 is 22.4 Å². The smallest absolute Gasteiger partial charge is 0.116 e. The summed E-state index contributed by atoms with van der Waals surface area (Å²) in [6.07, 6.45) is 0. The third kappa shape index (κ3) is 2.48. The number of aryl methyl sites for hydroxylation is 2. The van der Waals surface area contributed by atoms with Gasteiger partial charge in [0.1, 0.15) is 11.0 Å². The van der Waals surface area contributed by atoms with Crippen LogP contribution in [0.25, 0.3) is 0 Å². The van der Waals surface area contributed by atoms with Gasteiger partial charge in [0, 0.05) is 17.1 Å². The van der Waals surface area contributed by atoms with Crippen LogP contribution < -0.4 is 10.5 Å². The van der Waals surface area contributed by atoms with Crippen molar-refractivity contribution in [2.75, 3.05) is 16.2 Å². The van der Waals surface area contributed by atoms with Crippen LogP contribution in [-0.2, 0) is 11.0 Å². The molecule has 0 amide bonds. The van der Waals surface area contributed by atoms with Crippen molar-refractivity contribution in [3.63, 3.8) is 0 Å². The standard InChI is InChI=1S/C10H16N2OS/c1-4-14(13)12-10-6-7(2)9(11)5-8(10)3/h5-6,12H,4,11H2,1-3H3. The summed E-state index contributed by atoms with van der Waals surface area (Å²) in [5.74, 6) is 0.600. The van der Waals surface area contributed by atoms with Gasteiger partial charge in [-0.05, 0) is 37.1 Å². The van der Waals surface area contributed by atoms with Gasteiger partial charge in [0.2, 0.25) is 0 Å². The number of nitrogen functional groups attached to an aromatic ring is 1. The first-order valence-corrected chi connectivity index (χ1v) is 5.88. The van der Waals surface area contributed by atoms with E-state index in [9.17, 15) is 4.21 Å². The van der Waals surface area contributed by atoms with Crippen molar-refractivity contribution in [2.24, 2.45) is 0 Å². The number of benzene rings is 1. The van der Waals surface area contributed by atoms with E-state index >= 15 is 0 Å². The molecule has 3 nitrogen and oxygen atoms in total. The Bertz CT molecular complexity index is 363. The molecule has 0 aromatic heterocycles. The van der Waals surface area contributed by atoms with Crippen LogP contribution in [0.5, 0.6) is 0 Å². The minimum Gasteiger partial charge on any atom is -0.399 e. The summed E-state index contributed by atoms with van der Waals surface area (Å²) in [6, 6.07) is 3.82. The van der Waals surface area contributed by atoms with E-state index in [1.54, 1.807) is 0 Å². The fourth-order valence-electron chi connectivity index (χ4n) is 1.14. The zero-order valence-corrected chi connectivity index (χ0v) is 9.57. The maximum absolute atomic E-state index is 11.3. The van der Waals surface area contributed by atoms with Gasteiger partial charge in [-0.15, -0.1) is 0 Å². The lowest BCUT2D eigenvalue weighted by molar-refractivity contribution is 0.687. The maximum Gasteiger partial charge on any atom is 0.116 e. The summed E-state index contributed by atoms with van der Waals surface area (Å²) in [5.41, 5.74) is 9.45. The van der Waals surface area contributed by atoms with E-state index in [1.165, 1.54) is 0 Å². The number of rotatable bonds is 3. The minimum atomic E-state index is -0.994. The second-order valence-corrected chi connectivity index (χ2v) is 4.73. The van der Waals surface area contributed by atoms with Gasteiger partial charge in [-0.1, -0.05) is 6.92 Å².